The van der Waals surface area contributed by atoms with E-state index < -0.39 is 335 Å². The number of nitrogens with zero attached hydrogens (tertiary/aromatic N) is 8. The van der Waals surface area contributed by atoms with E-state index in [-0.39, 0.29) is 11.5 Å². The van der Waals surface area contributed by atoms with Crippen LogP contribution in [0.2, 0.25) is 0 Å². The zero-order chi connectivity index (χ0) is 74.9. The minimum Gasteiger partial charge on any atom is -0.229 e. The zero-order valence-corrected chi connectivity index (χ0v) is 49.0. The van der Waals surface area contributed by atoms with Crippen molar-refractivity contribution < 1.29 is 167 Å². The van der Waals surface area contributed by atoms with Crippen LogP contribution in [0.15, 0.2) is 25.5 Å². The largest absolute Gasteiger partial charge is 0.426 e. The molecule has 0 saturated heterocycles. The van der Waals surface area contributed by atoms with Gasteiger partial charge in [-0.25, -0.2) is 52.7 Å². The van der Waals surface area contributed by atoms with Crippen LogP contribution in [0.5, 0.6) is 0 Å². The fraction of sp³-hybridized carbons (Fsp3) is 0.407. The molecule has 0 bridgehead atoms. The highest BCUT2D eigenvalue weighted by atomic mass is 32.1. The van der Waals surface area contributed by atoms with Crippen molar-refractivity contribution in [1.82, 2.24) is 9.13 Å². The summed E-state index contributed by atoms with van der Waals surface area (Å²) < 4.78 is 568. The average molecular weight is 1500 g/mol. The van der Waals surface area contributed by atoms with Crippen LogP contribution in [0.3, 0.4) is 0 Å². The number of hydrogen-bond acceptors (Lipinski definition) is 5. The van der Waals surface area contributed by atoms with E-state index in [2.05, 4.69) is 20.0 Å². The third-order valence-electron chi connectivity index (χ3n) is 17.7. The first-order valence-corrected chi connectivity index (χ1v) is 27.3. The fourth-order valence-corrected chi connectivity index (χ4v) is 13.9. The molecule has 3 aromatic carbocycles. The quantitative estimate of drug-likeness (QED) is 0.113. The molecule has 0 N–H and O–H groups in total. The maximum atomic E-state index is 18.3. The Kier molecular flexibility index (Phi) is 13.7. The number of alkyl halides is 30. The minimum absolute atomic E-state index is 0.0355. The number of halogens is 36. The number of hydrogen-bond donors (Lipinski definition) is 0. The van der Waals surface area contributed by atoms with Gasteiger partial charge in [0.05, 0.1) is 21.7 Å². The number of amidine groups is 4. The molecule has 3 aromatic heterocycles. The molecule has 6 aromatic rings. The molecule has 0 amide bonds. The topological polar surface area (TPSA) is 65.3 Å². The van der Waals surface area contributed by atoms with Crippen LogP contribution in [0, 0.1) is 34.9 Å². The Morgan fingerprint density at radius 3 is 0.929 bits per heavy atom. The monoisotopic (exact) mass is 1500 g/mol. The molecule has 9 heterocycles. The summed E-state index contributed by atoms with van der Waals surface area (Å²) >= 11 is -0.723. The van der Waals surface area contributed by atoms with Crippen LogP contribution in [0.4, 0.5) is 170 Å². The highest BCUT2D eigenvalue weighted by Crippen LogP contribution is 2.63. The maximum absolute atomic E-state index is 18.3. The molecule has 45 heteroatoms. The van der Waals surface area contributed by atoms with Gasteiger partial charge in [-0.15, -0.1) is 20.5 Å². The van der Waals surface area contributed by atoms with E-state index in [1.165, 1.54) is 0 Å². The van der Waals surface area contributed by atoms with Crippen LogP contribution < -0.4 is 11.0 Å². The van der Waals surface area contributed by atoms with Gasteiger partial charge in [0, 0.05) is 43.8 Å². The van der Waals surface area contributed by atoms with Crippen LogP contribution in [0.25, 0.3) is 26.9 Å². The third-order valence-corrected chi connectivity index (χ3v) is 18.8. The van der Waals surface area contributed by atoms with Gasteiger partial charge in [0.1, 0.15) is 61.9 Å². The predicted octanol–water partition coefficient (Wildman–Crippen LogP) is 18.1. The molecule has 6 aliphatic rings. The Labute approximate surface area is 524 Å². The second kappa shape index (κ2) is 19.1. The van der Waals surface area contributed by atoms with Gasteiger partial charge in [0.15, 0.2) is 0 Å². The molecule has 0 aliphatic carbocycles. The molecule has 6 aliphatic heterocycles. The van der Waals surface area contributed by atoms with Crippen molar-refractivity contribution in [1.29, 1.82) is 0 Å². The predicted molar refractivity (Wildman–Crippen MR) is 263 cm³/mol. The molecule has 7 unspecified atom stereocenters. The summed E-state index contributed by atoms with van der Waals surface area (Å²) in [4.78, 5) is 12.6. The lowest BCUT2D eigenvalue weighted by atomic mass is 9.80. The Balaban J connectivity index is 1.48. The van der Waals surface area contributed by atoms with Crippen molar-refractivity contribution in [2.75, 3.05) is 0 Å². The average Bonchev–Trinajstić information content (AvgIpc) is 1.46. The summed E-state index contributed by atoms with van der Waals surface area (Å²) in [5.41, 5.74) is -77.3. The van der Waals surface area contributed by atoms with Gasteiger partial charge in [-0.05, 0) is 54.5 Å². The SMILES string of the molecule is C/C(=C/c1sc2c3n4c(c2c1C(F)(F)F)N=C1c2c(F)c(C(C)(F)C(F)(F)F)c(C(C)(F)C(F)(F)F)c(F)c2C2=[N+]1C41n4c(c5c(F)c(C(C)(F)C(F)(F)F)c(C(C)(F)C(F)(F)F)c(F)c5c4=N2)=NC2=[N+]1C(=N3)c1c(F)c(C(C)(F)C(F)(F)F)c(C(C)(F)C(F)(F)F)c(F)c12)C(F)(F)F. The first-order valence-electron chi connectivity index (χ1n) is 26.5. The number of aromatic nitrogens is 2. The van der Waals surface area contributed by atoms with Crippen LogP contribution >= 0.6 is 11.3 Å². The minimum atomic E-state index is -7.00. The second-order valence-corrected chi connectivity index (χ2v) is 24.8. The fourth-order valence-electron chi connectivity index (χ4n) is 12.6. The van der Waals surface area contributed by atoms with Crippen molar-refractivity contribution >= 4 is 73.2 Å². The van der Waals surface area contributed by atoms with E-state index in [0.29, 0.717) is 0 Å². The highest BCUT2D eigenvalue weighted by Gasteiger charge is 2.76. The number of aliphatic imine (C=N–C) groups is 2. The molecule has 12 rings (SSSR count). The Morgan fingerprint density at radius 2 is 0.646 bits per heavy atom. The number of thiophene rings is 1. The van der Waals surface area contributed by atoms with Gasteiger partial charge >= 0.3 is 55.3 Å². The number of allylic oxidation sites excluding steroid dienone is 1. The molecule has 99 heavy (non-hydrogen) atoms. The van der Waals surface area contributed by atoms with E-state index in [1.54, 1.807) is 0 Å². The molecular weight excluding hydrogens is 1480 g/mol. The van der Waals surface area contributed by atoms with Crippen LogP contribution in [0.1, 0.15) is 115 Å². The molecule has 0 fully saturated rings. The molecule has 0 saturated carbocycles. The van der Waals surface area contributed by atoms with E-state index in [4.69, 9.17) is 0 Å². The van der Waals surface area contributed by atoms with Crippen molar-refractivity contribution in [3.8, 4) is 0 Å². The Morgan fingerprint density at radius 1 is 0.364 bits per heavy atom. The van der Waals surface area contributed by atoms with Crippen molar-refractivity contribution in [3.63, 3.8) is 0 Å². The summed E-state index contributed by atoms with van der Waals surface area (Å²) in [6.07, 6.45) is -54.4. The van der Waals surface area contributed by atoms with Crippen molar-refractivity contribution in [2.45, 2.75) is 138 Å². The number of fused-ring (bicyclic) bond motifs is 12. The van der Waals surface area contributed by atoms with E-state index in [0.717, 1.165) is 0 Å². The van der Waals surface area contributed by atoms with E-state index >= 15 is 145 Å². The lowest BCUT2D eigenvalue weighted by Gasteiger charge is -2.40. The molecule has 534 valence electrons. The molecular formula is C54H22F36N8S+2. The normalized spacial score (nSPS) is 21.5. The first-order chi connectivity index (χ1) is 44.2. The Hall–Kier alpha value is -8.06. The number of benzene rings is 3. The summed E-state index contributed by atoms with van der Waals surface area (Å²) in [6, 6.07) is 0. The van der Waals surface area contributed by atoms with Crippen molar-refractivity contribution in [3.05, 3.63) is 118 Å². The molecule has 0 radical (unpaired) electrons. The van der Waals surface area contributed by atoms with Gasteiger partial charge < -0.3 is 0 Å². The van der Waals surface area contributed by atoms with E-state index in [1.807, 2.05) is 0 Å². The highest BCUT2D eigenvalue weighted by molar-refractivity contribution is 7.21. The summed E-state index contributed by atoms with van der Waals surface area (Å²) in [6.45, 7) is -5.79. The lowest BCUT2D eigenvalue weighted by Crippen LogP contribution is -2.71. The first kappa shape index (κ1) is 70.8. The standard InChI is InChI=1S/C54H22F36N8S/c1-9(46(67,68)69)8-10-18(47(70,71)72)17-31(99-10)39-94-37-16-15(29(59)23(44(6,65)52(85,86)87)24(30(16)60)45(7,66)53(88,89)90)35-92-33-12-11(25(55)19(40(2,61)48(73,74)75)20(26(12)56)41(3,62)49(76,77)78)32-91-34-13-14(36-93-38(17)98(39)54(95(32)33,96(34)36)97(35)37)28(58)22(43(5,64)51(82,83)84)21(27(13)57)42(4,63)50(79,80)81/h8H,1-7H3/q+2/b9-8-. The van der Waals surface area contributed by atoms with Gasteiger partial charge in [-0.2, -0.15) is 115 Å². The van der Waals surface area contributed by atoms with Gasteiger partial charge in [-0.1, -0.05) is 20.0 Å². The van der Waals surface area contributed by atoms with Crippen LogP contribution in [-0.4, -0.2) is 84.9 Å². The van der Waals surface area contributed by atoms with Gasteiger partial charge in [0.25, 0.3) is 23.3 Å². The molecule has 7 atom stereocenters. The Bertz CT molecular complexity index is 5000. The zero-order valence-electron chi connectivity index (χ0n) is 48.2. The smallest absolute Gasteiger partial charge is 0.229 e. The second-order valence-electron chi connectivity index (χ2n) is 23.7. The number of rotatable bonds is 7. The van der Waals surface area contributed by atoms with Crippen molar-refractivity contribution in [2.24, 2.45) is 20.0 Å². The summed E-state index contributed by atoms with van der Waals surface area (Å²) in [5, 5.41) is -7.31. The maximum Gasteiger partial charge on any atom is 0.426 e. The van der Waals surface area contributed by atoms with Gasteiger partial charge in [0.2, 0.25) is 56.6 Å². The molecule has 1 spiro atoms. The lowest BCUT2D eigenvalue weighted by molar-refractivity contribution is -0.790. The summed E-state index contributed by atoms with van der Waals surface area (Å²) in [5.74, 6) is -39.3. The van der Waals surface area contributed by atoms with Gasteiger partial charge in [-0.3, -0.25) is 0 Å². The molecule has 8 nitrogen and oxygen atoms in total. The van der Waals surface area contributed by atoms with Crippen LogP contribution in [-0.2, 0) is 46.1 Å². The third kappa shape index (κ3) is 8.27. The summed E-state index contributed by atoms with van der Waals surface area (Å²) in [7, 11) is 0. The van der Waals surface area contributed by atoms with E-state index in [9.17, 15) is 13.2 Å².